The van der Waals surface area contributed by atoms with Crippen molar-refractivity contribution in [3.63, 3.8) is 0 Å². The van der Waals surface area contributed by atoms with Crippen molar-refractivity contribution in [1.82, 2.24) is 4.98 Å². The summed E-state index contributed by atoms with van der Waals surface area (Å²) in [7, 11) is -4.03. The average molecular weight is 460 g/mol. The zero-order chi connectivity index (χ0) is 22.2. The zero-order valence-electron chi connectivity index (χ0n) is 16.0. The molecule has 0 unspecified atom stereocenters. The Hall–Kier alpha value is -3.43. The van der Waals surface area contributed by atoms with Crippen molar-refractivity contribution >= 4 is 50.0 Å². The number of amides is 1. The van der Waals surface area contributed by atoms with Crippen molar-refractivity contribution in [2.75, 3.05) is 10.0 Å². The zero-order valence-corrected chi connectivity index (χ0v) is 17.6. The van der Waals surface area contributed by atoms with Crippen LogP contribution in [0.1, 0.15) is 16.2 Å². The first kappa shape index (κ1) is 20.8. The summed E-state index contributed by atoms with van der Waals surface area (Å²) in [5.41, 5.74) is 1.74. The number of aryl methyl sites for hydroxylation is 1. The van der Waals surface area contributed by atoms with E-state index in [9.17, 15) is 17.6 Å². The first-order valence-corrected chi connectivity index (χ1v) is 10.8. The molecule has 1 amide bonds. The van der Waals surface area contributed by atoms with E-state index in [0.29, 0.717) is 22.7 Å². The van der Waals surface area contributed by atoms with Crippen LogP contribution in [0.5, 0.6) is 0 Å². The number of hydrogen-bond acceptors (Lipinski definition) is 5. The third-order valence-corrected chi connectivity index (χ3v) is 6.05. The van der Waals surface area contributed by atoms with Crippen LogP contribution in [0, 0.1) is 12.7 Å². The summed E-state index contributed by atoms with van der Waals surface area (Å²) < 4.78 is 46.1. The number of carbonyl (C=O) groups is 1. The minimum Gasteiger partial charge on any atom is -0.441 e. The molecule has 0 aliphatic heterocycles. The molecule has 3 aromatic carbocycles. The van der Waals surface area contributed by atoms with E-state index < -0.39 is 21.7 Å². The van der Waals surface area contributed by atoms with Gasteiger partial charge in [-0.05, 0) is 60.7 Å². The highest BCUT2D eigenvalue weighted by atomic mass is 35.5. The molecule has 4 aromatic rings. The van der Waals surface area contributed by atoms with Crippen LogP contribution in [-0.4, -0.2) is 19.3 Å². The number of rotatable bonds is 5. The highest BCUT2D eigenvalue weighted by Crippen LogP contribution is 2.25. The van der Waals surface area contributed by atoms with Gasteiger partial charge in [-0.25, -0.2) is 17.8 Å². The van der Waals surface area contributed by atoms with Crippen LogP contribution in [0.2, 0.25) is 5.02 Å². The minimum absolute atomic E-state index is 0.0277. The summed E-state index contributed by atoms with van der Waals surface area (Å²) in [6, 6.07) is 13.5. The fourth-order valence-corrected chi connectivity index (χ4v) is 4.18. The number of oxazole rings is 1. The number of halogens is 2. The molecular weight excluding hydrogens is 445 g/mol. The molecule has 0 radical (unpaired) electrons. The summed E-state index contributed by atoms with van der Waals surface area (Å²) >= 11 is 6.14. The molecule has 31 heavy (non-hydrogen) atoms. The number of aromatic nitrogens is 1. The summed E-state index contributed by atoms with van der Waals surface area (Å²) in [6.45, 7) is 1.71. The predicted octanol–water partition coefficient (Wildman–Crippen LogP) is 4.98. The van der Waals surface area contributed by atoms with Crippen LogP contribution in [0.15, 0.2) is 70.0 Å². The quantitative estimate of drug-likeness (QED) is 0.438. The van der Waals surface area contributed by atoms with Gasteiger partial charge in [0, 0.05) is 18.3 Å². The summed E-state index contributed by atoms with van der Waals surface area (Å²) in [4.78, 5) is 16.8. The second-order valence-corrected chi connectivity index (χ2v) is 8.71. The highest BCUT2D eigenvalue weighted by molar-refractivity contribution is 7.92. The lowest BCUT2D eigenvalue weighted by molar-refractivity contribution is 0.102. The van der Waals surface area contributed by atoms with Gasteiger partial charge in [0.25, 0.3) is 15.9 Å². The van der Waals surface area contributed by atoms with Gasteiger partial charge in [0.05, 0.1) is 15.5 Å². The molecule has 0 atom stereocenters. The van der Waals surface area contributed by atoms with Gasteiger partial charge in [-0.1, -0.05) is 11.6 Å². The third kappa shape index (κ3) is 4.52. The van der Waals surface area contributed by atoms with Crippen molar-refractivity contribution in [3.8, 4) is 0 Å². The first-order valence-electron chi connectivity index (χ1n) is 8.98. The van der Waals surface area contributed by atoms with E-state index in [2.05, 4.69) is 15.0 Å². The number of nitrogens with one attached hydrogen (secondary N) is 2. The SMILES string of the molecule is Cc1nc2cc(NC(=O)c3cc(S(=O)(=O)Nc4ccc(F)cc4)ccc3Cl)ccc2o1. The van der Waals surface area contributed by atoms with Crippen molar-refractivity contribution in [1.29, 1.82) is 0 Å². The van der Waals surface area contributed by atoms with Crippen molar-refractivity contribution < 1.29 is 22.0 Å². The van der Waals surface area contributed by atoms with Crippen LogP contribution in [-0.2, 0) is 10.0 Å². The van der Waals surface area contributed by atoms with Gasteiger partial charge >= 0.3 is 0 Å². The third-order valence-electron chi connectivity index (χ3n) is 4.34. The fourth-order valence-electron chi connectivity index (χ4n) is 2.90. The molecule has 0 bridgehead atoms. The molecule has 1 heterocycles. The molecular formula is C21H15ClFN3O4S. The molecule has 158 valence electrons. The number of hydrogen-bond donors (Lipinski definition) is 2. The Morgan fingerprint density at radius 2 is 1.74 bits per heavy atom. The summed E-state index contributed by atoms with van der Waals surface area (Å²) in [5.74, 6) is -0.594. The lowest BCUT2D eigenvalue weighted by Gasteiger charge is -2.11. The predicted molar refractivity (Wildman–Crippen MR) is 115 cm³/mol. The van der Waals surface area contributed by atoms with Gasteiger partial charge in [-0.2, -0.15) is 0 Å². The molecule has 7 nitrogen and oxygen atoms in total. The van der Waals surface area contributed by atoms with E-state index in [1.165, 1.54) is 30.3 Å². The smallest absolute Gasteiger partial charge is 0.261 e. The number of sulfonamides is 1. The summed E-state index contributed by atoms with van der Waals surface area (Å²) in [6.07, 6.45) is 0. The van der Waals surface area contributed by atoms with E-state index in [-0.39, 0.29) is 21.2 Å². The van der Waals surface area contributed by atoms with E-state index in [0.717, 1.165) is 12.1 Å². The highest BCUT2D eigenvalue weighted by Gasteiger charge is 2.19. The first-order chi connectivity index (χ1) is 14.7. The molecule has 10 heteroatoms. The van der Waals surface area contributed by atoms with Crippen molar-refractivity contribution in [2.24, 2.45) is 0 Å². The van der Waals surface area contributed by atoms with Crippen LogP contribution >= 0.6 is 11.6 Å². The largest absolute Gasteiger partial charge is 0.441 e. The molecule has 0 spiro atoms. The number of nitrogens with zero attached hydrogens (tertiary/aromatic N) is 1. The Kier molecular flexibility index (Phi) is 5.38. The maximum atomic E-state index is 13.0. The van der Waals surface area contributed by atoms with Gasteiger partial charge in [0.2, 0.25) is 0 Å². The van der Waals surface area contributed by atoms with Crippen LogP contribution in [0.25, 0.3) is 11.1 Å². The molecule has 2 N–H and O–H groups in total. The van der Waals surface area contributed by atoms with Crippen LogP contribution in [0.3, 0.4) is 0 Å². The number of anilines is 2. The van der Waals surface area contributed by atoms with Gasteiger partial charge < -0.3 is 9.73 Å². The average Bonchev–Trinajstić information content (AvgIpc) is 3.09. The standard InChI is InChI=1S/C21H15ClFN3O4S/c1-12-24-19-10-15(6-9-20(19)30-12)25-21(27)17-11-16(7-8-18(17)22)31(28,29)26-14-4-2-13(23)3-5-14/h2-11,26H,1H3,(H,25,27). The van der Waals surface area contributed by atoms with E-state index >= 15 is 0 Å². The molecule has 0 aliphatic rings. The van der Waals surface area contributed by atoms with E-state index in [1.807, 2.05) is 0 Å². The van der Waals surface area contributed by atoms with Gasteiger partial charge in [-0.15, -0.1) is 0 Å². The van der Waals surface area contributed by atoms with Crippen LogP contribution in [0.4, 0.5) is 15.8 Å². The lowest BCUT2D eigenvalue weighted by Crippen LogP contribution is -2.16. The molecule has 0 fully saturated rings. The normalized spacial score (nSPS) is 11.5. The topological polar surface area (TPSA) is 101 Å². The Balaban J connectivity index is 1.60. The maximum Gasteiger partial charge on any atom is 0.261 e. The van der Waals surface area contributed by atoms with Gasteiger partial charge in [0.1, 0.15) is 11.3 Å². The Labute approximate surface area is 181 Å². The van der Waals surface area contributed by atoms with Crippen molar-refractivity contribution in [3.05, 3.63) is 83.0 Å². The molecule has 4 rings (SSSR count). The number of benzene rings is 3. The monoisotopic (exact) mass is 459 g/mol. The molecule has 1 aromatic heterocycles. The van der Waals surface area contributed by atoms with Gasteiger partial charge in [0.15, 0.2) is 11.5 Å². The molecule has 0 saturated carbocycles. The van der Waals surface area contributed by atoms with E-state index in [4.69, 9.17) is 16.0 Å². The maximum absolute atomic E-state index is 13.0. The lowest BCUT2D eigenvalue weighted by atomic mass is 10.2. The van der Waals surface area contributed by atoms with Crippen molar-refractivity contribution in [2.45, 2.75) is 11.8 Å². The Morgan fingerprint density at radius 1 is 1.03 bits per heavy atom. The molecule has 0 saturated heterocycles. The molecule has 0 aliphatic carbocycles. The second kappa shape index (κ2) is 8.01. The summed E-state index contributed by atoms with van der Waals surface area (Å²) in [5, 5.41) is 2.75. The second-order valence-electron chi connectivity index (χ2n) is 6.62. The van der Waals surface area contributed by atoms with Gasteiger partial charge in [-0.3, -0.25) is 9.52 Å². The Morgan fingerprint density at radius 3 is 2.48 bits per heavy atom. The minimum atomic E-state index is -4.03. The Bertz CT molecular complexity index is 1400. The van der Waals surface area contributed by atoms with Crippen LogP contribution < -0.4 is 10.0 Å². The van der Waals surface area contributed by atoms with E-state index in [1.54, 1.807) is 25.1 Å². The number of carbonyl (C=O) groups excluding carboxylic acids is 1. The fraction of sp³-hybridized carbons (Fsp3) is 0.0476. The number of fused-ring (bicyclic) bond motifs is 1.